The highest BCUT2D eigenvalue weighted by Crippen LogP contribution is 2.42. The summed E-state index contributed by atoms with van der Waals surface area (Å²) in [6, 6.07) is -0.0767. The van der Waals surface area contributed by atoms with Crippen molar-refractivity contribution in [2.75, 3.05) is 5.73 Å². The fourth-order valence-corrected chi connectivity index (χ4v) is 2.87. The number of fused-ring (bicyclic) bond motifs is 1. The number of aromatic nitrogens is 3. The van der Waals surface area contributed by atoms with E-state index in [1.165, 1.54) is 0 Å². The Hall–Kier alpha value is -2.77. The molecule has 4 nitrogen and oxygen atoms in total. The van der Waals surface area contributed by atoms with Crippen molar-refractivity contribution in [3.63, 3.8) is 0 Å². The van der Waals surface area contributed by atoms with E-state index in [1.807, 2.05) is 0 Å². The van der Waals surface area contributed by atoms with E-state index in [1.54, 1.807) is 0 Å². The average Bonchev–Trinajstić information content (AvgIpc) is 2.87. The highest BCUT2D eigenvalue weighted by atomic mass is 35.5. The zero-order valence-electron chi connectivity index (χ0n) is 13.8. The van der Waals surface area contributed by atoms with Crippen LogP contribution in [-0.2, 0) is 18.5 Å². The molecule has 30 heavy (non-hydrogen) atoms. The Morgan fingerprint density at radius 3 is 1.93 bits per heavy atom. The maximum Gasteiger partial charge on any atom is 0.433 e. The number of nitrogen functional groups attached to an aromatic ring is 1. The van der Waals surface area contributed by atoms with Gasteiger partial charge in [0.1, 0.15) is 17.2 Å². The summed E-state index contributed by atoms with van der Waals surface area (Å²) in [7, 11) is 0. The van der Waals surface area contributed by atoms with Crippen molar-refractivity contribution >= 4 is 28.5 Å². The third-order valence-corrected chi connectivity index (χ3v) is 4.12. The monoisotopic (exact) mass is 466 g/mol. The number of nitrogens with two attached hydrogens (primary N) is 1. The van der Waals surface area contributed by atoms with Crippen LogP contribution in [0.2, 0.25) is 5.02 Å². The zero-order chi connectivity index (χ0) is 22.8. The second kappa shape index (κ2) is 6.62. The summed E-state index contributed by atoms with van der Waals surface area (Å²) < 4.78 is 131. The summed E-state index contributed by atoms with van der Waals surface area (Å²) >= 11 is 5.63. The fourth-order valence-electron chi connectivity index (χ4n) is 2.58. The molecule has 0 amide bonds. The molecular weight excluding hydrogens is 462 g/mol. The first-order valence-electron chi connectivity index (χ1n) is 7.42. The number of nitrogens with zero attached hydrogens (tertiary/aromatic N) is 3. The summed E-state index contributed by atoms with van der Waals surface area (Å²) in [6.45, 7) is 0. The Balaban J connectivity index is 2.37. The number of hydrogen-bond acceptors (Lipinski definition) is 3. The first-order valence-corrected chi connectivity index (χ1v) is 7.80. The van der Waals surface area contributed by atoms with E-state index >= 15 is 0 Å². The highest BCUT2D eigenvalue weighted by molar-refractivity contribution is 6.32. The topological polar surface area (TPSA) is 56.7 Å². The lowest BCUT2D eigenvalue weighted by atomic mass is 10.1. The maximum atomic E-state index is 14.3. The molecule has 1 aromatic carbocycles. The number of benzene rings is 1. The molecule has 0 fully saturated rings. The zero-order valence-corrected chi connectivity index (χ0v) is 14.6. The van der Waals surface area contributed by atoms with Crippen LogP contribution in [0, 0.1) is 5.82 Å². The minimum absolute atomic E-state index is 0.0216. The van der Waals surface area contributed by atoms with Gasteiger partial charge in [-0.05, 0) is 18.2 Å². The van der Waals surface area contributed by atoms with Gasteiger partial charge in [0.15, 0.2) is 11.5 Å². The standard InChI is InChI=1S/C15H5ClF10N4/c16-6-1-4(13(18,19)20)2-7(17)10(6)30-11(27)9-5(14(21,22)23)3-8(15(24,25)26)28-12(9)29-30/h1-3H,27H2. The van der Waals surface area contributed by atoms with Gasteiger partial charge in [-0.15, -0.1) is 5.10 Å². The van der Waals surface area contributed by atoms with Gasteiger partial charge >= 0.3 is 18.5 Å². The normalized spacial score (nSPS) is 13.3. The lowest BCUT2D eigenvalue weighted by molar-refractivity contribution is -0.144. The molecule has 2 heterocycles. The van der Waals surface area contributed by atoms with Crippen molar-refractivity contribution < 1.29 is 43.9 Å². The van der Waals surface area contributed by atoms with Gasteiger partial charge in [0.25, 0.3) is 0 Å². The van der Waals surface area contributed by atoms with E-state index in [4.69, 9.17) is 17.3 Å². The van der Waals surface area contributed by atoms with E-state index in [-0.39, 0.29) is 22.9 Å². The van der Waals surface area contributed by atoms with Gasteiger partial charge in [-0.1, -0.05) is 11.6 Å². The molecule has 3 rings (SSSR count). The molecule has 0 spiro atoms. The highest BCUT2D eigenvalue weighted by Gasteiger charge is 2.41. The van der Waals surface area contributed by atoms with Crippen molar-refractivity contribution in [1.82, 2.24) is 14.8 Å². The van der Waals surface area contributed by atoms with E-state index < -0.39 is 68.7 Å². The molecule has 0 aliphatic carbocycles. The second-order valence-electron chi connectivity index (χ2n) is 5.83. The smallest absolute Gasteiger partial charge is 0.383 e. The fraction of sp³-hybridized carbons (Fsp3) is 0.200. The predicted octanol–water partition coefficient (Wildman–Crippen LogP) is 5.85. The second-order valence-corrected chi connectivity index (χ2v) is 6.24. The largest absolute Gasteiger partial charge is 0.433 e. The Morgan fingerprint density at radius 1 is 0.867 bits per heavy atom. The van der Waals surface area contributed by atoms with Crippen LogP contribution in [0.4, 0.5) is 49.7 Å². The molecular formula is C15H5ClF10N4. The Bertz CT molecular complexity index is 1120. The minimum Gasteiger partial charge on any atom is -0.383 e. The van der Waals surface area contributed by atoms with E-state index in [2.05, 4.69) is 10.1 Å². The Kier molecular flexibility index (Phi) is 4.84. The molecule has 0 aliphatic heterocycles. The van der Waals surface area contributed by atoms with Gasteiger partial charge in [0.05, 0.1) is 21.5 Å². The number of halogens is 11. The van der Waals surface area contributed by atoms with Gasteiger partial charge in [0, 0.05) is 0 Å². The summed E-state index contributed by atoms with van der Waals surface area (Å²) in [5, 5.41) is 1.26. The summed E-state index contributed by atoms with van der Waals surface area (Å²) in [4.78, 5) is 2.96. The van der Waals surface area contributed by atoms with E-state index in [9.17, 15) is 43.9 Å². The summed E-state index contributed by atoms with van der Waals surface area (Å²) in [5.74, 6) is -2.71. The first kappa shape index (κ1) is 21.9. The number of rotatable bonds is 1. The van der Waals surface area contributed by atoms with Gasteiger partial charge in [-0.2, -0.15) is 39.5 Å². The maximum absolute atomic E-state index is 14.3. The van der Waals surface area contributed by atoms with Gasteiger partial charge < -0.3 is 5.73 Å². The third kappa shape index (κ3) is 3.70. The number of pyridine rings is 1. The predicted molar refractivity (Wildman–Crippen MR) is 83.3 cm³/mol. The minimum atomic E-state index is -5.34. The SMILES string of the molecule is Nc1c2c(C(F)(F)F)cc(C(F)(F)F)nc2nn1-c1c(F)cc(C(F)(F)F)cc1Cl. The van der Waals surface area contributed by atoms with Gasteiger partial charge in [-0.25, -0.2) is 14.1 Å². The molecule has 3 aromatic rings. The first-order chi connectivity index (χ1) is 13.5. The van der Waals surface area contributed by atoms with Gasteiger partial charge in [-0.3, -0.25) is 0 Å². The molecule has 0 unspecified atom stereocenters. The van der Waals surface area contributed by atoms with Crippen LogP contribution in [-0.4, -0.2) is 14.8 Å². The van der Waals surface area contributed by atoms with E-state index in [0.717, 1.165) is 0 Å². The van der Waals surface area contributed by atoms with Crippen LogP contribution >= 0.6 is 11.6 Å². The van der Waals surface area contributed by atoms with Gasteiger partial charge in [0.2, 0.25) is 0 Å². The van der Waals surface area contributed by atoms with Crippen molar-refractivity contribution in [2.24, 2.45) is 0 Å². The number of hydrogen-bond donors (Lipinski definition) is 1. The van der Waals surface area contributed by atoms with Crippen LogP contribution < -0.4 is 5.73 Å². The molecule has 0 saturated carbocycles. The third-order valence-electron chi connectivity index (χ3n) is 3.83. The molecule has 0 aliphatic rings. The molecule has 0 radical (unpaired) electrons. The summed E-state index contributed by atoms with van der Waals surface area (Å²) in [6.07, 6.45) is -15.6. The van der Waals surface area contributed by atoms with Crippen LogP contribution in [0.1, 0.15) is 16.8 Å². The van der Waals surface area contributed by atoms with E-state index in [0.29, 0.717) is 0 Å². The molecule has 2 aromatic heterocycles. The molecule has 162 valence electrons. The van der Waals surface area contributed by atoms with Crippen LogP contribution in [0.25, 0.3) is 16.7 Å². The van der Waals surface area contributed by atoms with Crippen LogP contribution in [0.3, 0.4) is 0 Å². The van der Waals surface area contributed by atoms with Crippen LogP contribution in [0.5, 0.6) is 0 Å². The van der Waals surface area contributed by atoms with Crippen molar-refractivity contribution in [3.8, 4) is 5.69 Å². The lowest BCUT2D eigenvalue weighted by Crippen LogP contribution is -2.13. The molecule has 0 saturated heterocycles. The number of anilines is 1. The molecule has 0 bridgehead atoms. The Labute approximate surface area is 163 Å². The average molecular weight is 467 g/mol. The molecule has 2 N–H and O–H groups in total. The molecule has 0 atom stereocenters. The lowest BCUT2D eigenvalue weighted by Gasteiger charge is -2.13. The summed E-state index contributed by atoms with van der Waals surface area (Å²) in [5.41, 5.74) is -1.98. The van der Waals surface area contributed by atoms with Crippen molar-refractivity contribution in [2.45, 2.75) is 18.5 Å². The van der Waals surface area contributed by atoms with Crippen molar-refractivity contribution in [1.29, 1.82) is 0 Å². The molecule has 15 heteroatoms. The van der Waals surface area contributed by atoms with Crippen molar-refractivity contribution in [3.05, 3.63) is 45.9 Å². The Morgan fingerprint density at radius 2 is 1.47 bits per heavy atom. The quantitative estimate of drug-likeness (QED) is 0.458. The number of alkyl halides is 9. The van der Waals surface area contributed by atoms with Crippen LogP contribution in [0.15, 0.2) is 18.2 Å².